The van der Waals surface area contributed by atoms with Crippen LogP contribution in [-0.4, -0.2) is 36.2 Å². The van der Waals surface area contributed by atoms with Gasteiger partial charge in [0.1, 0.15) is 0 Å². The van der Waals surface area contributed by atoms with Crippen LogP contribution in [-0.2, 0) is 4.79 Å². The summed E-state index contributed by atoms with van der Waals surface area (Å²) in [4.78, 5) is 36.3. The first-order valence-corrected chi connectivity index (χ1v) is 6.01. The Balaban J connectivity index is 2.08. The molecule has 1 heterocycles. The van der Waals surface area contributed by atoms with Crippen molar-refractivity contribution in [3.8, 4) is 0 Å². The molecule has 0 spiro atoms. The van der Waals surface area contributed by atoms with Gasteiger partial charge >= 0.3 is 0 Å². The molecule has 3 N–H and O–H groups in total. The molecule has 100 valence electrons. The van der Waals surface area contributed by atoms with Crippen molar-refractivity contribution in [2.24, 2.45) is 0 Å². The molecule has 0 aliphatic carbocycles. The third-order valence-electron chi connectivity index (χ3n) is 3.06. The molecular formula is C13H15N3O3. The molecule has 0 atom stereocenters. The first-order valence-electron chi connectivity index (χ1n) is 6.01. The third-order valence-corrected chi connectivity index (χ3v) is 3.06. The number of nitrogens with one attached hydrogen (secondary N) is 1. The van der Waals surface area contributed by atoms with Gasteiger partial charge in [-0.3, -0.25) is 19.3 Å². The molecule has 0 bridgehead atoms. The third kappa shape index (κ3) is 2.42. The number of nitrogens with two attached hydrogens (primary N) is 1. The van der Waals surface area contributed by atoms with Crippen LogP contribution in [0.5, 0.6) is 0 Å². The molecule has 1 aromatic carbocycles. The summed E-state index contributed by atoms with van der Waals surface area (Å²) < 4.78 is 0. The monoisotopic (exact) mass is 261 g/mol. The molecular weight excluding hydrogens is 246 g/mol. The van der Waals surface area contributed by atoms with Crippen LogP contribution in [0.25, 0.3) is 0 Å². The van der Waals surface area contributed by atoms with E-state index in [4.69, 9.17) is 5.73 Å². The summed E-state index contributed by atoms with van der Waals surface area (Å²) in [6, 6.07) is 4.66. The predicted octanol–water partition coefficient (Wildman–Crippen LogP) is 0.391. The topological polar surface area (TPSA) is 92.5 Å². The maximum atomic E-state index is 12.1. The Morgan fingerprint density at radius 1 is 1.26 bits per heavy atom. The average molecular weight is 261 g/mol. The summed E-state index contributed by atoms with van der Waals surface area (Å²) in [5.74, 6) is -0.776. The summed E-state index contributed by atoms with van der Waals surface area (Å²) in [5.41, 5.74) is 6.77. The van der Waals surface area contributed by atoms with Gasteiger partial charge in [-0.1, -0.05) is 0 Å². The Hall–Kier alpha value is -2.37. The number of amides is 3. The van der Waals surface area contributed by atoms with E-state index in [1.54, 1.807) is 19.2 Å². The fourth-order valence-corrected chi connectivity index (χ4v) is 2.03. The van der Waals surface area contributed by atoms with Crippen molar-refractivity contribution in [2.75, 3.05) is 19.3 Å². The number of hydrogen-bond donors (Lipinski definition) is 2. The van der Waals surface area contributed by atoms with Gasteiger partial charge in [0.25, 0.3) is 11.8 Å². The van der Waals surface area contributed by atoms with E-state index in [1.807, 2.05) is 0 Å². The van der Waals surface area contributed by atoms with E-state index >= 15 is 0 Å². The number of rotatable bonds is 4. The highest BCUT2D eigenvalue weighted by Crippen LogP contribution is 2.24. The first kappa shape index (κ1) is 13.1. The Kier molecular flexibility index (Phi) is 3.50. The van der Waals surface area contributed by atoms with E-state index in [0.717, 1.165) is 4.90 Å². The molecule has 1 aromatic rings. The van der Waals surface area contributed by atoms with E-state index in [-0.39, 0.29) is 30.7 Å². The number of fused-ring (bicyclic) bond motifs is 1. The van der Waals surface area contributed by atoms with Crippen LogP contribution in [0, 0.1) is 0 Å². The molecule has 2 rings (SSSR count). The van der Waals surface area contributed by atoms with Crippen molar-refractivity contribution in [1.29, 1.82) is 0 Å². The zero-order valence-electron chi connectivity index (χ0n) is 10.6. The molecule has 0 radical (unpaired) electrons. The molecule has 6 heteroatoms. The largest absolute Gasteiger partial charge is 0.399 e. The smallest absolute Gasteiger partial charge is 0.261 e. The van der Waals surface area contributed by atoms with Gasteiger partial charge in [-0.05, 0) is 24.6 Å². The van der Waals surface area contributed by atoms with Crippen LogP contribution in [0.2, 0.25) is 0 Å². The summed E-state index contributed by atoms with van der Waals surface area (Å²) in [5, 5.41) is 2.49. The number of nitrogen functional groups attached to an aromatic ring is 1. The van der Waals surface area contributed by atoms with Crippen LogP contribution in [0.4, 0.5) is 5.69 Å². The number of carbonyl (C=O) groups is 3. The lowest BCUT2D eigenvalue weighted by Crippen LogP contribution is -2.31. The molecule has 0 unspecified atom stereocenters. The second kappa shape index (κ2) is 5.09. The second-order valence-electron chi connectivity index (χ2n) is 4.34. The lowest BCUT2D eigenvalue weighted by atomic mass is 10.1. The van der Waals surface area contributed by atoms with E-state index in [2.05, 4.69) is 5.32 Å². The molecule has 3 amide bonds. The van der Waals surface area contributed by atoms with E-state index in [1.165, 1.54) is 6.07 Å². The molecule has 0 saturated carbocycles. The van der Waals surface area contributed by atoms with Crippen molar-refractivity contribution >= 4 is 23.4 Å². The van der Waals surface area contributed by atoms with Crippen LogP contribution >= 0.6 is 0 Å². The van der Waals surface area contributed by atoms with Gasteiger partial charge in [-0.15, -0.1) is 0 Å². The number of imide groups is 1. The van der Waals surface area contributed by atoms with Crippen molar-refractivity contribution in [3.05, 3.63) is 29.3 Å². The lowest BCUT2D eigenvalue weighted by Gasteiger charge is -2.12. The Labute approximate surface area is 110 Å². The molecule has 0 aromatic heterocycles. The number of benzene rings is 1. The van der Waals surface area contributed by atoms with E-state index < -0.39 is 0 Å². The van der Waals surface area contributed by atoms with Crippen LogP contribution in [0.15, 0.2) is 18.2 Å². The van der Waals surface area contributed by atoms with Crippen LogP contribution < -0.4 is 11.1 Å². The number of anilines is 1. The van der Waals surface area contributed by atoms with Gasteiger partial charge in [0, 0.05) is 25.7 Å². The SMILES string of the molecule is CNC(=O)CCCN1C(=O)c2ccc(N)cc2C1=O. The molecule has 6 nitrogen and oxygen atoms in total. The Morgan fingerprint density at radius 3 is 2.63 bits per heavy atom. The minimum atomic E-state index is -0.343. The highest BCUT2D eigenvalue weighted by molar-refractivity contribution is 6.21. The first-order chi connectivity index (χ1) is 9.04. The molecule has 0 fully saturated rings. The van der Waals surface area contributed by atoms with Crippen LogP contribution in [0.1, 0.15) is 33.6 Å². The van der Waals surface area contributed by atoms with Gasteiger partial charge < -0.3 is 11.1 Å². The highest BCUT2D eigenvalue weighted by Gasteiger charge is 2.34. The minimum Gasteiger partial charge on any atom is -0.399 e. The predicted molar refractivity (Wildman–Crippen MR) is 69.5 cm³/mol. The normalized spacial score (nSPS) is 13.6. The van der Waals surface area contributed by atoms with Crippen molar-refractivity contribution in [2.45, 2.75) is 12.8 Å². The fraction of sp³-hybridized carbons (Fsp3) is 0.308. The average Bonchev–Trinajstić information content (AvgIpc) is 2.63. The Morgan fingerprint density at radius 2 is 1.95 bits per heavy atom. The summed E-state index contributed by atoms with van der Waals surface area (Å²) in [7, 11) is 1.55. The van der Waals surface area contributed by atoms with Crippen molar-refractivity contribution in [3.63, 3.8) is 0 Å². The van der Waals surface area contributed by atoms with E-state index in [9.17, 15) is 14.4 Å². The van der Waals surface area contributed by atoms with E-state index in [0.29, 0.717) is 23.2 Å². The van der Waals surface area contributed by atoms with Gasteiger partial charge in [0.2, 0.25) is 5.91 Å². The number of carbonyl (C=O) groups excluding carboxylic acids is 3. The lowest BCUT2D eigenvalue weighted by molar-refractivity contribution is -0.120. The van der Waals surface area contributed by atoms with Gasteiger partial charge in [-0.25, -0.2) is 0 Å². The van der Waals surface area contributed by atoms with Gasteiger partial charge in [-0.2, -0.15) is 0 Å². The zero-order valence-corrected chi connectivity index (χ0v) is 10.6. The molecule has 0 saturated heterocycles. The summed E-state index contributed by atoms with van der Waals surface area (Å²) >= 11 is 0. The number of nitrogens with zero attached hydrogens (tertiary/aromatic N) is 1. The summed E-state index contributed by atoms with van der Waals surface area (Å²) in [6.45, 7) is 0.236. The molecule has 19 heavy (non-hydrogen) atoms. The standard InChI is InChI=1S/C13H15N3O3/c1-15-11(17)3-2-6-16-12(18)9-5-4-8(14)7-10(9)13(16)19/h4-5,7H,2-3,6,14H2,1H3,(H,15,17). The van der Waals surface area contributed by atoms with Gasteiger partial charge in [0.15, 0.2) is 0 Å². The quantitative estimate of drug-likeness (QED) is 0.605. The van der Waals surface area contributed by atoms with Gasteiger partial charge in [0.05, 0.1) is 11.1 Å². The fourth-order valence-electron chi connectivity index (χ4n) is 2.03. The van der Waals surface area contributed by atoms with Crippen molar-refractivity contribution < 1.29 is 14.4 Å². The maximum Gasteiger partial charge on any atom is 0.261 e. The Bertz CT molecular complexity index is 554. The zero-order chi connectivity index (χ0) is 14.0. The van der Waals surface area contributed by atoms with Crippen LogP contribution in [0.3, 0.4) is 0 Å². The minimum absolute atomic E-state index is 0.110. The number of hydrogen-bond acceptors (Lipinski definition) is 4. The second-order valence-corrected chi connectivity index (χ2v) is 4.34. The summed E-state index contributed by atoms with van der Waals surface area (Å²) in [6.07, 6.45) is 0.729. The maximum absolute atomic E-state index is 12.1. The highest BCUT2D eigenvalue weighted by atomic mass is 16.2. The molecule has 1 aliphatic heterocycles. The van der Waals surface area contributed by atoms with Crippen molar-refractivity contribution in [1.82, 2.24) is 10.2 Å². The molecule has 1 aliphatic rings.